The minimum Gasteiger partial charge on any atom is -0.382 e. The van der Waals surface area contributed by atoms with Gasteiger partial charge in [-0.3, -0.25) is 0 Å². The molecular formula is C11H23NO. The highest BCUT2D eigenvalue weighted by atomic mass is 16.5. The molecule has 0 saturated heterocycles. The van der Waals surface area contributed by atoms with Gasteiger partial charge >= 0.3 is 0 Å². The third-order valence-corrected chi connectivity index (χ3v) is 3.30. The fraction of sp³-hybridized carbons (Fsp3) is 1.00. The standard InChI is InChI=1S/C11H23NO/c1-2-13-9-5-8-11(10-12)6-3-4-7-11/h2-10,12H2,1H3. The van der Waals surface area contributed by atoms with E-state index in [0.29, 0.717) is 5.41 Å². The maximum atomic E-state index is 5.84. The van der Waals surface area contributed by atoms with Crippen molar-refractivity contribution in [3.8, 4) is 0 Å². The summed E-state index contributed by atoms with van der Waals surface area (Å²) in [4.78, 5) is 0. The summed E-state index contributed by atoms with van der Waals surface area (Å²) in [6, 6.07) is 0. The first kappa shape index (κ1) is 11.0. The first-order chi connectivity index (χ1) is 6.33. The fourth-order valence-electron chi connectivity index (χ4n) is 2.37. The molecular weight excluding hydrogens is 162 g/mol. The molecule has 1 aliphatic rings. The quantitative estimate of drug-likeness (QED) is 0.645. The van der Waals surface area contributed by atoms with E-state index in [4.69, 9.17) is 10.5 Å². The molecule has 2 nitrogen and oxygen atoms in total. The number of hydrogen-bond acceptors (Lipinski definition) is 2. The van der Waals surface area contributed by atoms with Crippen LogP contribution in [0.15, 0.2) is 0 Å². The zero-order chi connectivity index (χ0) is 9.57. The molecule has 0 unspecified atom stereocenters. The van der Waals surface area contributed by atoms with E-state index < -0.39 is 0 Å². The number of nitrogens with two attached hydrogens (primary N) is 1. The molecule has 0 heterocycles. The van der Waals surface area contributed by atoms with Crippen LogP contribution in [0.4, 0.5) is 0 Å². The van der Waals surface area contributed by atoms with Crippen LogP contribution in [0.2, 0.25) is 0 Å². The number of hydrogen-bond donors (Lipinski definition) is 1. The number of rotatable bonds is 6. The van der Waals surface area contributed by atoms with E-state index in [1.165, 1.54) is 38.5 Å². The molecule has 0 aromatic heterocycles. The highest BCUT2D eigenvalue weighted by molar-refractivity contribution is 4.85. The van der Waals surface area contributed by atoms with E-state index in [1.807, 2.05) is 6.92 Å². The monoisotopic (exact) mass is 185 g/mol. The summed E-state index contributed by atoms with van der Waals surface area (Å²) in [6.45, 7) is 4.68. The molecule has 1 saturated carbocycles. The van der Waals surface area contributed by atoms with Gasteiger partial charge in [-0.05, 0) is 44.6 Å². The zero-order valence-electron chi connectivity index (χ0n) is 8.85. The third-order valence-electron chi connectivity index (χ3n) is 3.30. The van der Waals surface area contributed by atoms with E-state index >= 15 is 0 Å². The summed E-state index contributed by atoms with van der Waals surface area (Å²) in [5.41, 5.74) is 6.33. The Balaban J connectivity index is 2.16. The third kappa shape index (κ3) is 3.28. The Morgan fingerprint density at radius 2 is 2.00 bits per heavy atom. The highest BCUT2D eigenvalue weighted by Crippen LogP contribution is 2.40. The second kappa shape index (κ2) is 5.61. The second-order valence-corrected chi connectivity index (χ2v) is 4.21. The van der Waals surface area contributed by atoms with Gasteiger partial charge in [-0.2, -0.15) is 0 Å². The maximum Gasteiger partial charge on any atom is 0.0466 e. The molecule has 0 amide bonds. The van der Waals surface area contributed by atoms with Gasteiger partial charge in [0, 0.05) is 13.2 Å². The molecule has 0 bridgehead atoms. The molecule has 0 atom stereocenters. The Morgan fingerprint density at radius 1 is 1.31 bits per heavy atom. The van der Waals surface area contributed by atoms with Crippen LogP contribution in [0.5, 0.6) is 0 Å². The smallest absolute Gasteiger partial charge is 0.0466 e. The van der Waals surface area contributed by atoms with Gasteiger partial charge in [-0.25, -0.2) is 0 Å². The van der Waals surface area contributed by atoms with Gasteiger partial charge in [0.05, 0.1) is 0 Å². The molecule has 0 aromatic carbocycles. The van der Waals surface area contributed by atoms with Crippen molar-refractivity contribution in [1.29, 1.82) is 0 Å². The van der Waals surface area contributed by atoms with E-state index in [0.717, 1.165) is 19.8 Å². The molecule has 1 rings (SSSR count). The summed E-state index contributed by atoms with van der Waals surface area (Å²) < 4.78 is 5.34. The molecule has 1 fully saturated rings. The Morgan fingerprint density at radius 3 is 2.54 bits per heavy atom. The minimum absolute atomic E-state index is 0.483. The van der Waals surface area contributed by atoms with Gasteiger partial charge in [0.1, 0.15) is 0 Å². The van der Waals surface area contributed by atoms with Crippen LogP contribution in [0.3, 0.4) is 0 Å². The van der Waals surface area contributed by atoms with Crippen molar-refractivity contribution in [2.45, 2.75) is 45.4 Å². The lowest BCUT2D eigenvalue weighted by molar-refractivity contribution is 0.129. The Hall–Kier alpha value is -0.0800. The van der Waals surface area contributed by atoms with Gasteiger partial charge in [-0.1, -0.05) is 12.8 Å². The van der Waals surface area contributed by atoms with Crippen LogP contribution in [-0.4, -0.2) is 19.8 Å². The second-order valence-electron chi connectivity index (χ2n) is 4.21. The summed E-state index contributed by atoms with van der Waals surface area (Å²) in [7, 11) is 0. The average molecular weight is 185 g/mol. The summed E-state index contributed by atoms with van der Waals surface area (Å²) in [5.74, 6) is 0. The van der Waals surface area contributed by atoms with Crippen LogP contribution in [0, 0.1) is 5.41 Å². The Bertz CT molecular complexity index is 130. The minimum atomic E-state index is 0.483. The SMILES string of the molecule is CCOCCCC1(CN)CCCC1. The molecule has 0 spiro atoms. The maximum absolute atomic E-state index is 5.84. The predicted octanol–water partition coefficient (Wildman–Crippen LogP) is 2.32. The lowest BCUT2D eigenvalue weighted by atomic mass is 9.82. The van der Waals surface area contributed by atoms with Crippen LogP contribution in [0.1, 0.15) is 45.4 Å². The largest absolute Gasteiger partial charge is 0.382 e. The van der Waals surface area contributed by atoms with Crippen LogP contribution in [0.25, 0.3) is 0 Å². The summed E-state index contributed by atoms with van der Waals surface area (Å²) in [5, 5.41) is 0. The molecule has 0 aromatic rings. The van der Waals surface area contributed by atoms with Gasteiger partial charge in [0.2, 0.25) is 0 Å². The summed E-state index contributed by atoms with van der Waals surface area (Å²) in [6.07, 6.45) is 7.90. The van der Waals surface area contributed by atoms with Crippen LogP contribution in [-0.2, 0) is 4.74 Å². The molecule has 1 aliphatic carbocycles. The van der Waals surface area contributed by atoms with Gasteiger partial charge in [0.25, 0.3) is 0 Å². The van der Waals surface area contributed by atoms with Crippen LogP contribution >= 0.6 is 0 Å². The molecule has 2 heteroatoms. The van der Waals surface area contributed by atoms with E-state index in [1.54, 1.807) is 0 Å². The van der Waals surface area contributed by atoms with Crippen molar-refractivity contribution in [3.63, 3.8) is 0 Å². The number of ether oxygens (including phenoxy) is 1. The van der Waals surface area contributed by atoms with E-state index in [9.17, 15) is 0 Å². The van der Waals surface area contributed by atoms with Gasteiger partial charge in [0.15, 0.2) is 0 Å². The first-order valence-electron chi connectivity index (χ1n) is 5.61. The lowest BCUT2D eigenvalue weighted by Gasteiger charge is -2.26. The van der Waals surface area contributed by atoms with Crippen molar-refractivity contribution in [2.24, 2.45) is 11.1 Å². The Kier molecular flexibility index (Phi) is 4.74. The van der Waals surface area contributed by atoms with Crippen molar-refractivity contribution in [1.82, 2.24) is 0 Å². The Labute approximate surface area is 81.8 Å². The van der Waals surface area contributed by atoms with Crippen molar-refractivity contribution in [2.75, 3.05) is 19.8 Å². The van der Waals surface area contributed by atoms with E-state index in [2.05, 4.69) is 0 Å². The molecule has 0 radical (unpaired) electrons. The van der Waals surface area contributed by atoms with Gasteiger partial charge in [-0.15, -0.1) is 0 Å². The van der Waals surface area contributed by atoms with Crippen molar-refractivity contribution in [3.05, 3.63) is 0 Å². The fourth-order valence-corrected chi connectivity index (χ4v) is 2.37. The first-order valence-corrected chi connectivity index (χ1v) is 5.61. The molecule has 0 aliphatic heterocycles. The molecule has 2 N–H and O–H groups in total. The predicted molar refractivity (Wildman–Crippen MR) is 55.7 cm³/mol. The van der Waals surface area contributed by atoms with Crippen molar-refractivity contribution < 1.29 is 4.74 Å². The molecule has 13 heavy (non-hydrogen) atoms. The summed E-state index contributed by atoms with van der Waals surface area (Å²) >= 11 is 0. The normalized spacial score (nSPS) is 20.8. The van der Waals surface area contributed by atoms with E-state index in [-0.39, 0.29) is 0 Å². The molecule has 78 valence electrons. The van der Waals surface area contributed by atoms with Gasteiger partial charge < -0.3 is 10.5 Å². The zero-order valence-corrected chi connectivity index (χ0v) is 8.85. The lowest BCUT2D eigenvalue weighted by Crippen LogP contribution is -2.27. The highest BCUT2D eigenvalue weighted by Gasteiger charge is 2.31. The van der Waals surface area contributed by atoms with Crippen molar-refractivity contribution >= 4 is 0 Å². The topological polar surface area (TPSA) is 35.2 Å². The average Bonchev–Trinajstić information content (AvgIpc) is 2.62. The van der Waals surface area contributed by atoms with Crippen LogP contribution < -0.4 is 5.73 Å².